The van der Waals surface area contributed by atoms with E-state index in [0.29, 0.717) is 6.54 Å². The van der Waals surface area contributed by atoms with E-state index in [9.17, 15) is 4.79 Å². The largest absolute Gasteiger partial charge is 0.399 e. The normalized spacial score (nSPS) is 16.7. The van der Waals surface area contributed by atoms with E-state index in [-0.39, 0.29) is 5.91 Å². The minimum atomic E-state index is 0.0614. The number of benzene rings is 1. The predicted molar refractivity (Wildman–Crippen MR) is 73.9 cm³/mol. The molecule has 0 bridgehead atoms. The van der Waals surface area contributed by atoms with Crippen molar-refractivity contribution in [2.75, 3.05) is 30.3 Å². The lowest BCUT2D eigenvalue weighted by Crippen LogP contribution is -2.32. The lowest BCUT2D eigenvalue weighted by atomic mass is 10.3. The minimum absolute atomic E-state index is 0.0614. The Morgan fingerprint density at radius 2 is 2.33 bits per heavy atom. The Morgan fingerprint density at radius 1 is 1.44 bits per heavy atom. The van der Waals surface area contributed by atoms with Crippen molar-refractivity contribution >= 4 is 38.3 Å². The number of carbonyl (C=O) groups excluding carboxylic acids is 1. The zero-order valence-electron chi connectivity index (χ0n) is 9.85. The Kier molecular flexibility index (Phi) is 2.79. The molecule has 0 unspecified atom stereocenters. The van der Waals surface area contributed by atoms with Crippen LogP contribution in [0.5, 0.6) is 0 Å². The van der Waals surface area contributed by atoms with Crippen molar-refractivity contribution in [3.05, 3.63) is 18.2 Å². The lowest BCUT2D eigenvalue weighted by Gasteiger charge is -2.16. The van der Waals surface area contributed by atoms with Crippen LogP contribution in [-0.2, 0) is 4.79 Å². The first kappa shape index (κ1) is 11.3. The molecule has 1 aliphatic heterocycles. The molecule has 5 nitrogen and oxygen atoms in total. The molecule has 3 N–H and O–H groups in total. The highest BCUT2D eigenvalue weighted by atomic mass is 32.1. The quantitative estimate of drug-likeness (QED) is 0.758. The van der Waals surface area contributed by atoms with Gasteiger partial charge in [0.25, 0.3) is 0 Å². The van der Waals surface area contributed by atoms with Gasteiger partial charge in [0.2, 0.25) is 5.91 Å². The number of nitrogens with two attached hydrogens (primary N) is 1. The third-order valence-electron chi connectivity index (χ3n) is 2.93. The van der Waals surface area contributed by atoms with Gasteiger partial charge < -0.3 is 16.0 Å². The summed E-state index contributed by atoms with van der Waals surface area (Å²) in [5.74, 6) is 0.0614. The predicted octanol–water partition coefficient (Wildman–Crippen LogP) is 1.20. The van der Waals surface area contributed by atoms with Gasteiger partial charge in [-0.2, -0.15) is 0 Å². The smallest absolute Gasteiger partial charge is 0.239 e. The first-order valence-corrected chi connectivity index (χ1v) is 6.72. The van der Waals surface area contributed by atoms with E-state index in [1.54, 1.807) is 11.3 Å². The van der Waals surface area contributed by atoms with Gasteiger partial charge in [-0.15, -0.1) is 0 Å². The van der Waals surface area contributed by atoms with Crippen molar-refractivity contribution in [2.24, 2.45) is 0 Å². The molecule has 1 fully saturated rings. The number of carbonyl (C=O) groups is 1. The molecular formula is C12H14N4OS. The molecule has 3 rings (SSSR count). The first-order chi connectivity index (χ1) is 8.72. The van der Waals surface area contributed by atoms with Gasteiger partial charge in [-0.3, -0.25) is 4.79 Å². The average molecular weight is 262 g/mol. The number of nitrogens with zero attached hydrogens (tertiary/aromatic N) is 2. The standard InChI is InChI=1S/C12H14N4OS/c13-8-2-3-9-10(6-8)18-12(15-9)16-5-1-4-14-11(17)7-16/h2-3,6H,1,4-5,7,13H2,(H,14,17). The number of nitrogen functional groups attached to an aromatic ring is 1. The molecular weight excluding hydrogens is 248 g/mol. The molecule has 0 saturated carbocycles. The van der Waals surface area contributed by atoms with Crippen LogP contribution in [0.1, 0.15) is 6.42 Å². The molecule has 1 aromatic heterocycles. The van der Waals surface area contributed by atoms with Crippen LogP contribution in [0, 0.1) is 0 Å². The fourth-order valence-electron chi connectivity index (χ4n) is 2.03. The van der Waals surface area contributed by atoms with Gasteiger partial charge in [-0.05, 0) is 24.6 Å². The third-order valence-corrected chi connectivity index (χ3v) is 4.01. The first-order valence-electron chi connectivity index (χ1n) is 5.90. The molecule has 1 amide bonds. The van der Waals surface area contributed by atoms with E-state index >= 15 is 0 Å². The summed E-state index contributed by atoms with van der Waals surface area (Å²) < 4.78 is 1.06. The maximum Gasteiger partial charge on any atom is 0.239 e. The lowest BCUT2D eigenvalue weighted by molar-refractivity contribution is -0.119. The van der Waals surface area contributed by atoms with Gasteiger partial charge in [0.1, 0.15) is 0 Å². The molecule has 0 aliphatic carbocycles. The second-order valence-corrected chi connectivity index (χ2v) is 5.36. The van der Waals surface area contributed by atoms with Crippen LogP contribution < -0.4 is 16.0 Å². The Morgan fingerprint density at radius 3 is 3.22 bits per heavy atom. The summed E-state index contributed by atoms with van der Waals surface area (Å²) in [6.07, 6.45) is 0.948. The number of aromatic nitrogens is 1. The molecule has 1 saturated heterocycles. The zero-order valence-corrected chi connectivity index (χ0v) is 10.7. The van der Waals surface area contributed by atoms with Crippen molar-refractivity contribution in [2.45, 2.75) is 6.42 Å². The van der Waals surface area contributed by atoms with Gasteiger partial charge in [0.05, 0.1) is 16.8 Å². The molecule has 0 atom stereocenters. The number of hydrogen-bond donors (Lipinski definition) is 2. The highest BCUT2D eigenvalue weighted by Gasteiger charge is 2.18. The van der Waals surface area contributed by atoms with E-state index in [0.717, 1.165) is 40.5 Å². The molecule has 94 valence electrons. The maximum absolute atomic E-state index is 11.5. The number of amides is 1. The van der Waals surface area contributed by atoms with Gasteiger partial charge in [0, 0.05) is 18.8 Å². The molecule has 2 heterocycles. The Balaban J connectivity index is 1.95. The van der Waals surface area contributed by atoms with Crippen molar-refractivity contribution in [1.29, 1.82) is 0 Å². The second kappa shape index (κ2) is 4.45. The summed E-state index contributed by atoms with van der Waals surface area (Å²) in [5, 5.41) is 3.76. The third kappa shape index (κ3) is 2.11. The van der Waals surface area contributed by atoms with Crippen LogP contribution in [0.3, 0.4) is 0 Å². The highest BCUT2D eigenvalue weighted by Crippen LogP contribution is 2.30. The van der Waals surface area contributed by atoms with Crippen LogP contribution in [0.15, 0.2) is 18.2 Å². The molecule has 6 heteroatoms. The fraction of sp³-hybridized carbons (Fsp3) is 0.333. The Hall–Kier alpha value is -1.82. The Labute approximate surface area is 109 Å². The monoisotopic (exact) mass is 262 g/mol. The van der Waals surface area contributed by atoms with E-state index in [4.69, 9.17) is 5.73 Å². The number of hydrogen-bond acceptors (Lipinski definition) is 5. The molecule has 18 heavy (non-hydrogen) atoms. The topological polar surface area (TPSA) is 71.2 Å². The fourth-order valence-corrected chi connectivity index (χ4v) is 3.07. The van der Waals surface area contributed by atoms with E-state index < -0.39 is 0 Å². The summed E-state index contributed by atoms with van der Waals surface area (Å²) in [6.45, 7) is 1.98. The van der Waals surface area contributed by atoms with E-state index in [2.05, 4.69) is 10.3 Å². The van der Waals surface area contributed by atoms with Crippen LogP contribution in [0.25, 0.3) is 10.2 Å². The average Bonchev–Trinajstić information content (AvgIpc) is 2.63. The van der Waals surface area contributed by atoms with E-state index in [1.165, 1.54) is 0 Å². The van der Waals surface area contributed by atoms with Crippen LogP contribution in [-0.4, -0.2) is 30.5 Å². The Bertz CT molecular complexity index is 595. The number of thiazole rings is 1. The van der Waals surface area contributed by atoms with Gasteiger partial charge in [-0.25, -0.2) is 4.98 Å². The molecule has 0 radical (unpaired) electrons. The maximum atomic E-state index is 11.5. The summed E-state index contributed by atoms with van der Waals surface area (Å²) in [5.41, 5.74) is 7.44. The molecule has 2 aromatic rings. The summed E-state index contributed by atoms with van der Waals surface area (Å²) in [7, 11) is 0. The van der Waals surface area contributed by atoms with Gasteiger partial charge in [-0.1, -0.05) is 11.3 Å². The minimum Gasteiger partial charge on any atom is -0.399 e. The van der Waals surface area contributed by atoms with Crippen molar-refractivity contribution in [3.63, 3.8) is 0 Å². The number of nitrogens with one attached hydrogen (secondary N) is 1. The number of fused-ring (bicyclic) bond motifs is 1. The second-order valence-electron chi connectivity index (χ2n) is 4.35. The molecule has 1 aromatic carbocycles. The van der Waals surface area contributed by atoms with E-state index in [1.807, 2.05) is 23.1 Å². The summed E-state index contributed by atoms with van der Waals surface area (Å²) in [6, 6.07) is 5.69. The van der Waals surface area contributed by atoms with Crippen molar-refractivity contribution < 1.29 is 4.79 Å². The number of rotatable bonds is 1. The summed E-state index contributed by atoms with van der Waals surface area (Å²) >= 11 is 1.58. The highest BCUT2D eigenvalue weighted by molar-refractivity contribution is 7.22. The molecule has 1 aliphatic rings. The zero-order chi connectivity index (χ0) is 12.5. The van der Waals surface area contributed by atoms with Crippen LogP contribution >= 0.6 is 11.3 Å². The number of anilines is 2. The van der Waals surface area contributed by atoms with Crippen molar-refractivity contribution in [3.8, 4) is 0 Å². The van der Waals surface area contributed by atoms with Crippen LogP contribution in [0.4, 0.5) is 10.8 Å². The van der Waals surface area contributed by atoms with Crippen LogP contribution in [0.2, 0.25) is 0 Å². The molecule has 0 spiro atoms. The summed E-state index contributed by atoms with van der Waals surface area (Å²) in [4.78, 5) is 18.1. The van der Waals surface area contributed by atoms with Gasteiger partial charge >= 0.3 is 0 Å². The van der Waals surface area contributed by atoms with Gasteiger partial charge in [0.15, 0.2) is 5.13 Å². The SMILES string of the molecule is Nc1ccc2nc(N3CCCNC(=O)C3)sc2c1. The van der Waals surface area contributed by atoms with Crippen molar-refractivity contribution in [1.82, 2.24) is 10.3 Å².